The molecule has 0 bridgehead atoms. The highest BCUT2D eigenvalue weighted by Crippen LogP contribution is 2.39. The highest BCUT2D eigenvalue weighted by molar-refractivity contribution is 5.95. The molecule has 0 aromatic heterocycles. The summed E-state index contributed by atoms with van der Waals surface area (Å²) in [6.45, 7) is 5.34. The Hall–Kier alpha value is -2.69. The van der Waals surface area contributed by atoms with Crippen LogP contribution in [0.5, 0.6) is 17.2 Å². The molecule has 2 aliphatic rings. The van der Waals surface area contributed by atoms with Gasteiger partial charge < -0.3 is 19.1 Å². The number of para-hydroxylation sites is 1. The van der Waals surface area contributed by atoms with E-state index >= 15 is 0 Å². The lowest BCUT2D eigenvalue weighted by Gasteiger charge is -2.44. The van der Waals surface area contributed by atoms with E-state index in [4.69, 9.17) is 14.2 Å². The second-order valence-electron chi connectivity index (χ2n) is 8.22. The fraction of sp³-hybridized carbons (Fsp3) is 0.458. The maximum absolute atomic E-state index is 13.1. The normalized spacial score (nSPS) is 17.6. The number of ether oxygens (including phenoxy) is 3. The van der Waals surface area contributed by atoms with E-state index in [9.17, 15) is 4.79 Å². The quantitative estimate of drug-likeness (QED) is 0.766. The second-order valence-corrected chi connectivity index (χ2v) is 8.22. The van der Waals surface area contributed by atoms with Gasteiger partial charge in [-0.25, -0.2) is 0 Å². The molecule has 29 heavy (non-hydrogen) atoms. The lowest BCUT2D eigenvalue weighted by Crippen LogP contribution is -2.51. The van der Waals surface area contributed by atoms with E-state index in [0.29, 0.717) is 30.2 Å². The molecule has 0 atom stereocenters. The Kier molecular flexibility index (Phi) is 5.39. The molecule has 0 radical (unpaired) electrons. The van der Waals surface area contributed by atoms with E-state index in [2.05, 4.69) is 18.2 Å². The molecule has 0 saturated carbocycles. The maximum atomic E-state index is 13.1. The van der Waals surface area contributed by atoms with Gasteiger partial charge in [0.15, 0.2) is 11.5 Å². The van der Waals surface area contributed by atoms with Gasteiger partial charge in [0.05, 0.1) is 13.2 Å². The summed E-state index contributed by atoms with van der Waals surface area (Å²) >= 11 is 0. The number of benzene rings is 2. The molecule has 1 amide bonds. The number of piperidine rings is 1. The number of amides is 1. The van der Waals surface area contributed by atoms with Crippen molar-refractivity contribution in [1.29, 1.82) is 0 Å². The van der Waals surface area contributed by atoms with Crippen LogP contribution in [0, 0.1) is 0 Å². The van der Waals surface area contributed by atoms with Crippen LogP contribution in [0.3, 0.4) is 0 Å². The Morgan fingerprint density at radius 1 is 1.07 bits per heavy atom. The topological polar surface area (TPSA) is 48.0 Å². The Labute approximate surface area is 172 Å². The summed E-state index contributed by atoms with van der Waals surface area (Å²) < 4.78 is 17.6. The average Bonchev–Trinajstić information content (AvgIpc) is 2.73. The van der Waals surface area contributed by atoms with Gasteiger partial charge >= 0.3 is 0 Å². The highest BCUT2D eigenvalue weighted by atomic mass is 16.5. The van der Waals surface area contributed by atoms with Crippen molar-refractivity contribution < 1.29 is 19.0 Å². The highest BCUT2D eigenvalue weighted by Gasteiger charge is 2.40. The minimum atomic E-state index is -0.141. The Bertz CT molecular complexity index is 884. The monoisotopic (exact) mass is 395 g/mol. The third-order valence-electron chi connectivity index (χ3n) is 5.88. The largest absolute Gasteiger partial charge is 0.493 e. The first-order valence-electron chi connectivity index (χ1n) is 10.4. The molecule has 0 aliphatic carbocycles. The molecular weight excluding hydrogens is 366 g/mol. The number of carbonyl (C=O) groups is 1. The first-order valence-corrected chi connectivity index (χ1v) is 10.4. The van der Waals surface area contributed by atoms with E-state index < -0.39 is 0 Å². The van der Waals surface area contributed by atoms with Crippen molar-refractivity contribution in [2.75, 3.05) is 20.2 Å². The number of fused-ring (bicyclic) bond motifs is 1. The number of rotatable bonds is 4. The van der Waals surface area contributed by atoms with E-state index in [0.717, 1.165) is 31.4 Å². The molecular formula is C24H29NO4. The molecule has 5 nitrogen and oxygen atoms in total. The molecule has 4 rings (SSSR count). The standard InChI is InChI=1S/C24H29NO4/c1-17(2)28-21-9-8-19(16-22(21)27-3)23(26)25-14-12-24(13-15-25)11-10-18-6-4-5-7-20(18)29-24/h4-9,16-17H,10-15H2,1-3H3. The molecule has 2 aromatic carbocycles. The summed E-state index contributed by atoms with van der Waals surface area (Å²) in [6.07, 6.45) is 3.82. The maximum Gasteiger partial charge on any atom is 0.253 e. The van der Waals surface area contributed by atoms with Crippen molar-refractivity contribution in [3.05, 3.63) is 53.6 Å². The van der Waals surface area contributed by atoms with Gasteiger partial charge in [0.25, 0.3) is 5.91 Å². The zero-order valence-electron chi connectivity index (χ0n) is 17.4. The van der Waals surface area contributed by atoms with Crippen LogP contribution in [-0.4, -0.2) is 42.7 Å². The first kappa shape index (κ1) is 19.6. The van der Waals surface area contributed by atoms with Gasteiger partial charge in [0.2, 0.25) is 0 Å². The van der Waals surface area contributed by atoms with Crippen LogP contribution in [-0.2, 0) is 6.42 Å². The van der Waals surface area contributed by atoms with Crippen LogP contribution in [0.15, 0.2) is 42.5 Å². The van der Waals surface area contributed by atoms with Crippen molar-refractivity contribution in [1.82, 2.24) is 4.90 Å². The number of likely N-dealkylation sites (tertiary alicyclic amines) is 1. The van der Waals surface area contributed by atoms with Gasteiger partial charge in [-0.3, -0.25) is 4.79 Å². The summed E-state index contributed by atoms with van der Waals surface area (Å²) in [7, 11) is 1.60. The summed E-state index contributed by atoms with van der Waals surface area (Å²) in [5.74, 6) is 2.28. The smallest absolute Gasteiger partial charge is 0.253 e. The number of hydrogen-bond donors (Lipinski definition) is 0. The number of hydrogen-bond acceptors (Lipinski definition) is 4. The van der Waals surface area contributed by atoms with Crippen LogP contribution in [0.2, 0.25) is 0 Å². The summed E-state index contributed by atoms with van der Waals surface area (Å²) in [4.78, 5) is 15.0. The molecule has 1 spiro atoms. The summed E-state index contributed by atoms with van der Waals surface area (Å²) in [6, 6.07) is 13.7. The zero-order chi connectivity index (χ0) is 20.4. The first-order chi connectivity index (χ1) is 14.0. The molecule has 2 aromatic rings. The third-order valence-corrected chi connectivity index (χ3v) is 5.88. The summed E-state index contributed by atoms with van der Waals surface area (Å²) in [5, 5.41) is 0. The Morgan fingerprint density at radius 2 is 1.83 bits per heavy atom. The molecule has 154 valence electrons. The van der Waals surface area contributed by atoms with Crippen LogP contribution < -0.4 is 14.2 Å². The fourth-order valence-corrected chi connectivity index (χ4v) is 4.26. The van der Waals surface area contributed by atoms with Crippen molar-refractivity contribution in [3.8, 4) is 17.2 Å². The van der Waals surface area contributed by atoms with Crippen molar-refractivity contribution in [2.24, 2.45) is 0 Å². The number of carbonyl (C=O) groups excluding carboxylic acids is 1. The van der Waals surface area contributed by atoms with Gasteiger partial charge in [0, 0.05) is 31.5 Å². The van der Waals surface area contributed by atoms with Gasteiger partial charge in [-0.05, 0) is 56.5 Å². The van der Waals surface area contributed by atoms with Crippen LogP contribution in [0.25, 0.3) is 0 Å². The van der Waals surface area contributed by atoms with Crippen molar-refractivity contribution in [2.45, 2.75) is 51.2 Å². The fourth-order valence-electron chi connectivity index (χ4n) is 4.26. The van der Waals surface area contributed by atoms with Gasteiger partial charge in [-0.1, -0.05) is 18.2 Å². The average molecular weight is 395 g/mol. The predicted octanol–water partition coefficient (Wildman–Crippen LogP) is 4.48. The molecule has 0 unspecified atom stereocenters. The van der Waals surface area contributed by atoms with Crippen LogP contribution >= 0.6 is 0 Å². The molecule has 0 N–H and O–H groups in total. The lowest BCUT2D eigenvalue weighted by atomic mass is 9.83. The van der Waals surface area contributed by atoms with Crippen LogP contribution in [0.4, 0.5) is 0 Å². The number of nitrogens with zero attached hydrogens (tertiary/aromatic N) is 1. The molecule has 5 heteroatoms. The van der Waals surface area contributed by atoms with Crippen molar-refractivity contribution in [3.63, 3.8) is 0 Å². The molecule has 1 saturated heterocycles. The van der Waals surface area contributed by atoms with Gasteiger partial charge in [-0.15, -0.1) is 0 Å². The lowest BCUT2D eigenvalue weighted by molar-refractivity contribution is -0.0107. The molecule has 2 aliphatic heterocycles. The Balaban J connectivity index is 1.43. The SMILES string of the molecule is COc1cc(C(=O)N2CCC3(CCc4ccccc4O3)CC2)ccc1OC(C)C. The Morgan fingerprint density at radius 3 is 2.55 bits per heavy atom. The zero-order valence-corrected chi connectivity index (χ0v) is 17.4. The number of aryl methyl sites for hydroxylation is 1. The van der Waals surface area contributed by atoms with E-state index in [1.807, 2.05) is 36.9 Å². The minimum absolute atomic E-state index is 0.0328. The van der Waals surface area contributed by atoms with Crippen LogP contribution in [0.1, 0.15) is 49.0 Å². The molecule has 2 heterocycles. The second kappa shape index (κ2) is 7.97. The summed E-state index contributed by atoms with van der Waals surface area (Å²) in [5.41, 5.74) is 1.77. The third kappa shape index (κ3) is 4.04. The van der Waals surface area contributed by atoms with Crippen molar-refractivity contribution >= 4 is 5.91 Å². The molecule has 1 fully saturated rings. The number of methoxy groups -OCH3 is 1. The minimum Gasteiger partial charge on any atom is -0.493 e. The van der Waals surface area contributed by atoms with E-state index in [1.165, 1.54) is 5.56 Å². The van der Waals surface area contributed by atoms with E-state index in [1.54, 1.807) is 13.2 Å². The van der Waals surface area contributed by atoms with E-state index in [-0.39, 0.29) is 17.6 Å². The van der Waals surface area contributed by atoms with Gasteiger partial charge in [-0.2, -0.15) is 0 Å². The predicted molar refractivity (Wildman–Crippen MR) is 112 cm³/mol. The van der Waals surface area contributed by atoms with Gasteiger partial charge in [0.1, 0.15) is 11.4 Å².